The molecule has 0 aliphatic carbocycles. The van der Waals surface area contributed by atoms with Crippen molar-refractivity contribution in [1.29, 1.82) is 0 Å². The smallest absolute Gasteiger partial charge is 0.338 e. The Morgan fingerprint density at radius 3 is 2.27 bits per heavy atom. The molecule has 2 aromatic carbocycles. The van der Waals surface area contributed by atoms with E-state index in [9.17, 15) is 4.79 Å². The van der Waals surface area contributed by atoms with Crippen LogP contribution in [0.3, 0.4) is 0 Å². The summed E-state index contributed by atoms with van der Waals surface area (Å²) in [7, 11) is 0. The number of benzene rings is 2. The Morgan fingerprint density at radius 2 is 1.73 bits per heavy atom. The van der Waals surface area contributed by atoms with E-state index in [-0.39, 0.29) is 24.5 Å². The van der Waals surface area contributed by atoms with Gasteiger partial charge in [-0.15, -0.1) is 12.4 Å². The third-order valence-electron chi connectivity index (χ3n) is 3.68. The third-order valence-corrected chi connectivity index (χ3v) is 3.94. The van der Waals surface area contributed by atoms with Crippen LogP contribution in [0, 0.1) is 5.92 Å². The Balaban J connectivity index is 0.00000176. The normalized spacial score (nSPS) is 15.3. The van der Waals surface area contributed by atoms with Gasteiger partial charge in [0.1, 0.15) is 6.10 Å². The van der Waals surface area contributed by atoms with Crippen molar-refractivity contribution in [3.05, 3.63) is 70.7 Å². The van der Waals surface area contributed by atoms with Crippen LogP contribution in [0.5, 0.6) is 0 Å². The molecule has 0 aromatic heterocycles. The van der Waals surface area contributed by atoms with Gasteiger partial charge in [0, 0.05) is 24.0 Å². The Kier molecular flexibility index (Phi) is 5.83. The molecule has 5 heteroatoms. The van der Waals surface area contributed by atoms with Gasteiger partial charge in [-0.3, -0.25) is 0 Å². The lowest BCUT2D eigenvalue weighted by molar-refractivity contribution is 0.00393. The van der Waals surface area contributed by atoms with E-state index in [1.807, 2.05) is 42.5 Å². The molecule has 116 valence electrons. The van der Waals surface area contributed by atoms with Crippen molar-refractivity contribution < 1.29 is 9.53 Å². The van der Waals surface area contributed by atoms with Crippen LogP contribution >= 0.6 is 24.0 Å². The van der Waals surface area contributed by atoms with Crippen molar-refractivity contribution in [3.8, 4) is 0 Å². The van der Waals surface area contributed by atoms with E-state index in [4.69, 9.17) is 16.3 Å². The van der Waals surface area contributed by atoms with Crippen LogP contribution < -0.4 is 5.32 Å². The summed E-state index contributed by atoms with van der Waals surface area (Å²) in [6.45, 7) is 1.71. The second-order valence-corrected chi connectivity index (χ2v) is 5.60. The number of ether oxygens (including phenoxy) is 1. The summed E-state index contributed by atoms with van der Waals surface area (Å²) in [5, 5.41) is 3.90. The fourth-order valence-corrected chi connectivity index (χ4v) is 2.50. The highest BCUT2D eigenvalue weighted by Crippen LogP contribution is 2.30. The van der Waals surface area contributed by atoms with Crippen molar-refractivity contribution in [1.82, 2.24) is 5.32 Å². The van der Waals surface area contributed by atoms with Gasteiger partial charge in [0.05, 0.1) is 5.56 Å². The van der Waals surface area contributed by atoms with Crippen molar-refractivity contribution >= 4 is 30.0 Å². The van der Waals surface area contributed by atoms with Gasteiger partial charge >= 0.3 is 5.97 Å². The third kappa shape index (κ3) is 3.80. The highest BCUT2D eigenvalue weighted by Gasteiger charge is 2.31. The van der Waals surface area contributed by atoms with Crippen LogP contribution in [0.15, 0.2) is 54.6 Å². The molecule has 1 saturated heterocycles. The molecule has 1 heterocycles. The molecule has 1 unspecified atom stereocenters. The monoisotopic (exact) mass is 337 g/mol. The highest BCUT2D eigenvalue weighted by molar-refractivity contribution is 6.30. The summed E-state index contributed by atoms with van der Waals surface area (Å²) in [5.74, 6) is 0.0151. The van der Waals surface area contributed by atoms with Crippen LogP contribution in [-0.2, 0) is 4.74 Å². The van der Waals surface area contributed by atoms with E-state index in [1.165, 1.54) is 0 Å². The molecular weight excluding hydrogens is 321 g/mol. The molecule has 3 rings (SSSR count). The summed E-state index contributed by atoms with van der Waals surface area (Å²) < 4.78 is 5.74. The maximum Gasteiger partial charge on any atom is 0.338 e. The molecule has 2 aromatic rings. The second kappa shape index (κ2) is 7.63. The molecule has 1 aliphatic heterocycles. The molecule has 3 nitrogen and oxygen atoms in total. The van der Waals surface area contributed by atoms with Gasteiger partial charge in [-0.05, 0) is 29.8 Å². The Hall–Kier alpha value is -1.55. The summed E-state index contributed by atoms with van der Waals surface area (Å²) >= 11 is 5.93. The van der Waals surface area contributed by atoms with Gasteiger partial charge in [0.2, 0.25) is 0 Å². The SMILES string of the molecule is Cl.O=C(OC(c1ccc(Cl)cc1)C1CNC1)c1ccccc1. The molecule has 1 aliphatic rings. The summed E-state index contributed by atoms with van der Waals surface area (Å²) in [6, 6.07) is 16.6. The predicted octanol–water partition coefficient (Wildman–Crippen LogP) is 3.88. The van der Waals surface area contributed by atoms with Gasteiger partial charge in [-0.1, -0.05) is 41.9 Å². The average molecular weight is 338 g/mol. The van der Waals surface area contributed by atoms with Crippen LogP contribution in [0.4, 0.5) is 0 Å². The Morgan fingerprint density at radius 1 is 1.09 bits per heavy atom. The topological polar surface area (TPSA) is 38.3 Å². The molecular formula is C17H17Cl2NO2. The first-order valence-corrected chi connectivity index (χ1v) is 7.34. The van der Waals surface area contributed by atoms with E-state index < -0.39 is 0 Å². The first kappa shape index (κ1) is 16.8. The van der Waals surface area contributed by atoms with Crippen molar-refractivity contribution in [2.24, 2.45) is 5.92 Å². The van der Waals surface area contributed by atoms with Gasteiger partial charge < -0.3 is 10.1 Å². The van der Waals surface area contributed by atoms with E-state index in [2.05, 4.69) is 5.32 Å². The number of carbonyl (C=O) groups is 1. The number of rotatable bonds is 4. The van der Waals surface area contributed by atoms with Crippen molar-refractivity contribution in [2.75, 3.05) is 13.1 Å². The minimum Gasteiger partial charge on any atom is -0.453 e. The predicted molar refractivity (Wildman–Crippen MR) is 89.7 cm³/mol. The molecule has 0 radical (unpaired) electrons. The zero-order valence-corrected chi connectivity index (χ0v) is 13.4. The van der Waals surface area contributed by atoms with Crippen molar-refractivity contribution in [3.63, 3.8) is 0 Å². The highest BCUT2D eigenvalue weighted by atomic mass is 35.5. The largest absolute Gasteiger partial charge is 0.453 e. The van der Waals surface area contributed by atoms with Crippen LogP contribution in [0.1, 0.15) is 22.0 Å². The minimum absolute atomic E-state index is 0. The Bertz CT molecular complexity index is 612. The number of esters is 1. The summed E-state index contributed by atoms with van der Waals surface area (Å²) in [4.78, 5) is 12.3. The molecule has 0 amide bonds. The number of carbonyl (C=O) groups excluding carboxylic acids is 1. The zero-order valence-electron chi connectivity index (χ0n) is 11.9. The lowest BCUT2D eigenvalue weighted by atomic mass is 9.91. The van der Waals surface area contributed by atoms with Crippen LogP contribution in [0.2, 0.25) is 5.02 Å². The summed E-state index contributed by atoms with van der Waals surface area (Å²) in [5.41, 5.74) is 1.55. The molecule has 1 atom stereocenters. The van der Waals surface area contributed by atoms with E-state index in [1.54, 1.807) is 12.1 Å². The minimum atomic E-state index is -0.289. The van der Waals surface area contributed by atoms with E-state index in [0.717, 1.165) is 18.7 Å². The molecule has 0 bridgehead atoms. The summed E-state index contributed by atoms with van der Waals surface area (Å²) in [6.07, 6.45) is -0.240. The second-order valence-electron chi connectivity index (χ2n) is 5.16. The maximum absolute atomic E-state index is 12.3. The molecule has 1 N–H and O–H groups in total. The fraction of sp³-hybridized carbons (Fsp3) is 0.235. The van der Waals surface area contributed by atoms with Gasteiger partial charge in [-0.25, -0.2) is 4.79 Å². The lowest BCUT2D eigenvalue weighted by Crippen LogP contribution is -2.46. The lowest BCUT2D eigenvalue weighted by Gasteiger charge is -2.34. The maximum atomic E-state index is 12.3. The number of halogens is 2. The standard InChI is InChI=1S/C17H16ClNO2.ClH/c18-15-8-6-12(7-9-15)16(14-10-19-11-14)21-17(20)13-4-2-1-3-5-13;/h1-9,14,16,19H,10-11H2;1H. The molecule has 0 saturated carbocycles. The number of hydrogen-bond acceptors (Lipinski definition) is 3. The van der Waals surface area contributed by atoms with Gasteiger partial charge in [0.25, 0.3) is 0 Å². The van der Waals surface area contributed by atoms with Gasteiger partial charge in [0.15, 0.2) is 0 Å². The van der Waals surface area contributed by atoms with E-state index >= 15 is 0 Å². The molecule has 22 heavy (non-hydrogen) atoms. The van der Waals surface area contributed by atoms with Crippen LogP contribution in [-0.4, -0.2) is 19.1 Å². The van der Waals surface area contributed by atoms with Gasteiger partial charge in [-0.2, -0.15) is 0 Å². The Labute approximate surface area is 141 Å². The van der Waals surface area contributed by atoms with Crippen molar-refractivity contribution in [2.45, 2.75) is 6.10 Å². The molecule has 1 fully saturated rings. The van der Waals surface area contributed by atoms with E-state index in [0.29, 0.717) is 16.5 Å². The average Bonchev–Trinajstić information content (AvgIpc) is 2.46. The quantitative estimate of drug-likeness (QED) is 0.860. The van der Waals surface area contributed by atoms with Crippen LogP contribution in [0.25, 0.3) is 0 Å². The number of nitrogens with one attached hydrogen (secondary N) is 1. The first-order valence-electron chi connectivity index (χ1n) is 6.96. The first-order chi connectivity index (χ1) is 10.2. The number of hydrogen-bond donors (Lipinski definition) is 1. The zero-order chi connectivity index (χ0) is 14.7. The molecule has 0 spiro atoms. The fourth-order valence-electron chi connectivity index (χ4n) is 2.37.